The maximum Gasteiger partial charge on any atom is 0.321 e. The van der Waals surface area contributed by atoms with E-state index in [0.717, 1.165) is 24.5 Å². The standard InChI is InChI=1S/C15H20N4O2/c1-12(11-16)18-7-9-19(10-8-18)15(20)17-13-3-5-14(21-2)6-4-13/h3-6,12H,7-10H2,1-2H3,(H,17,20). The minimum absolute atomic E-state index is 0.100. The Kier molecular flexibility index (Phi) is 5.01. The number of methoxy groups -OCH3 is 1. The van der Waals surface area contributed by atoms with Gasteiger partial charge in [-0.25, -0.2) is 4.79 Å². The fraction of sp³-hybridized carbons (Fsp3) is 0.467. The molecule has 0 aromatic heterocycles. The van der Waals surface area contributed by atoms with Gasteiger partial charge in [0.25, 0.3) is 0 Å². The molecule has 6 nitrogen and oxygen atoms in total. The molecule has 1 atom stereocenters. The predicted octanol–water partition coefficient (Wildman–Crippen LogP) is 1.76. The van der Waals surface area contributed by atoms with Crippen LogP contribution in [0.15, 0.2) is 24.3 Å². The first-order valence-electron chi connectivity index (χ1n) is 6.97. The number of nitrogens with one attached hydrogen (secondary N) is 1. The van der Waals surface area contributed by atoms with Crippen LogP contribution >= 0.6 is 0 Å². The first-order chi connectivity index (χ1) is 10.1. The zero-order valence-electron chi connectivity index (χ0n) is 12.4. The van der Waals surface area contributed by atoms with E-state index >= 15 is 0 Å². The maximum atomic E-state index is 12.2. The van der Waals surface area contributed by atoms with Crippen LogP contribution in [-0.4, -0.2) is 55.2 Å². The number of hydrogen-bond acceptors (Lipinski definition) is 4. The van der Waals surface area contributed by atoms with E-state index in [2.05, 4.69) is 16.3 Å². The number of benzene rings is 1. The van der Waals surface area contributed by atoms with E-state index in [1.807, 2.05) is 31.2 Å². The molecule has 1 N–H and O–H groups in total. The highest BCUT2D eigenvalue weighted by atomic mass is 16.5. The van der Waals surface area contributed by atoms with Crippen LogP contribution in [0.4, 0.5) is 10.5 Å². The van der Waals surface area contributed by atoms with Gasteiger partial charge in [0.2, 0.25) is 0 Å². The molecule has 0 bridgehead atoms. The van der Waals surface area contributed by atoms with Crippen molar-refractivity contribution in [2.45, 2.75) is 13.0 Å². The molecule has 1 unspecified atom stereocenters. The minimum atomic E-state index is -0.107. The molecule has 0 radical (unpaired) electrons. The van der Waals surface area contributed by atoms with E-state index < -0.39 is 0 Å². The van der Waals surface area contributed by atoms with Crippen molar-refractivity contribution in [1.29, 1.82) is 5.26 Å². The number of ether oxygens (including phenoxy) is 1. The van der Waals surface area contributed by atoms with Gasteiger partial charge in [-0.3, -0.25) is 4.90 Å². The average Bonchev–Trinajstić information content (AvgIpc) is 2.55. The smallest absolute Gasteiger partial charge is 0.321 e. The highest BCUT2D eigenvalue weighted by Crippen LogP contribution is 2.16. The second kappa shape index (κ2) is 6.95. The summed E-state index contributed by atoms with van der Waals surface area (Å²) in [4.78, 5) is 16.0. The Morgan fingerprint density at radius 2 is 1.90 bits per heavy atom. The van der Waals surface area contributed by atoms with Crippen molar-refractivity contribution < 1.29 is 9.53 Å². The van der Waals surface area contributed by atoms with E-state index in [9.17, 15) is 4.79 Å². The topological polar surface area (TPSA) is 68.6 Å². The summed E-state index contributed by atoms with van der Waals surface area (Å²) in [5, 5.41) is 11.8. The number of carbonyl (C=O) groups excluding carboxylic acids is 1. The van der Waals surface area contributed by atoms with E-state index in [0.29, 0.717) is 13.1 Å². The highest BCUT2D eigenvalue weighted by molar-refractivity contribution is 5.89. The van der Waals surface area contributed by atoms with Gasteiger partial charge in [0.1, 0.15) is 5.75 Å². The van der Waals surface area contributed by atoms with Crippen molar-refractivity contribution in [3.05, 3.63) is 24.3 Å². The summed E-state index contributed by atoms with van der Waals surface area (Å²) >= 11 is 0. The van der Waals surface area contributed by atoms with Crippen molar-refractivity contribution in [2.75, 3.05) is 38.6 Å². The first kappa shape index (κ1) is 15.1. The molecule has 6 heteroatoms. The third kappa shape index (κ3) is 3.86. The SMILES string of the molecule is COc1ccc(NC(=O)N2CCN(C(C)C#N)CC2)cc1. The molecule has 0 aliphatic carbocycles. The molecule has 1 aliphatic heterocycles. The summed E-state index contributed by atoms with van der Waals surface area (Å²) in [6.07, 6.45) is 0. The quantitative estimate of drug-likeness (QED) is 0.920. The largest absolute Gasteiger partial charge is 0.497 e. The highest BCUT2D eigenvalue weighted by Gasteiger charge is 2.23. The second-order valence-corrected chi connectivity index (χ2v) is 4.99. The fourth-order valence-electron chi connectivity index (χ4n) is 2.27. The van der Waals surface area contributed by atoms with Gasteiger partial charge in [0.15, 0.2) is 0 Å². The van der Waals surface area contributed by atoms with Crippen molar-refractivity contribution in [3.8, 4) is 11.8 Å². The Labute approximate surface area is 124 Å². The van der Waals surface area contributed by atoms with Gasteiger partial charge in [-0.05, 0) is 31.2 Å². The molecule has 1 aromatic carbocycles. The number of urea groups is 1. The van der Waals surface area contributed by atoms with Gasteiger partial charge in [-0.15, -0.1) is 0 Å². The fourth-order valence-corrected chi connectivity index (χ4v) is 2.27. The normalized spacial score (nSPS) is 16.9. The number of carbonyl (C=O) groups is 1. The van der Waals surface area contributed by atoms with E-state index in [1.54, 1.807) is 12.0 Å². The minimum Gasteiger partial charge on any atom is -0.497 e. The molecule has 1 saturated heterocycles. The number of amides is 2. The molecule has 1 aliphatic rings. The number of piperazine rings is 1. The molecule has 112 valence electrons. The molecule has 21 heavy (non-hydrogen) atoms. The number of nitrogens with zero attached hydrogens (tertiary/aromatic N) is 3. The lowest BCUT2D eigenvalue weighted by Gasteiger charge is -2.35. The number of hydrogen-bond donors (Lipinski definition) is 1. The summed E-state index contributed by atoms with van der Waals surface area (Å²) in [5.41, 5.74) is 0.744. The van der Waals surface area contributed by atoms with Crippen LogP contribution in [0, 0.1) is 11.3 Å². The summed E-state index contributed by atoms with van der Waals surface area (Å²) in [6, 6.07) is 9.25. The zero-order valence-corrected chi connectivity index (χ0v) is 12.4. The van der Waals surface area contributed by atoms with Crippen molar-refractivity contribution >= 4 is 11.7 Å². The number of anilines is 1. The average molecular weight is 288 g/mol. The van der Waals surface area contributed by atoms with Gasteiger partial charge >= 0.3 is 6.03 Å². The van der Waals surface area contributed by atoms with Gasteiger partial charge in [-0.1, -0.05) is 0 Å². The lowest BCUT2D eigenvalue weighted by Crippen LogP contribution is -2.52. The number of rotatable bonds is 3. The second-order valence-electron chi connectivity index (χ2n) is 4.99. The Morgan fingerprint density at radius 1 is 1.29 bits per heavy atom. The molecule has 2 amide bonds. The first-order valence-corrected chi connectivity index (χ1v) is 6.97. The number of nitriles is 1. The van der Waals surface area contributed by atoms with Crippen LogP contribution < -0.4 is 10.1 Å². The molecule has 1 aromatic rings. The summed E-state index contributed by atoms with van der Waals surface area (Å²) in [7, 11) is 1.61. The molecule has 1 fully saturated rings. The Hall–Kier alpha value is -2.26. The Bertz CT molecular complexity index is 515. The van der Waals surface area contributed by atoms with Crippen LogP contribution in [0.2, 0.25) is 0 Å². The van der Waals surface area contributed by atoms with Crippen molar-refractivity contribution in [3.63, 3.8) is 0 Å². The molecular formula is C15H20N4O2. The van der Waals surface area contributed by atoms with E-state index in [4.69, 9.17) is 10.00 Å². The van der Waals surface area contributed by atoms with Crippen LogP contribution in [0.5, 0.6) is 5.75 Å². The lowest BCUT2D eigenvalue weighted by atomic mass is 10.2. The Morgan fingerprint density at radius 3 is 2.43 bits per heavy atom. The third-order valence-electron chi connectivity index (χ3n) is 3.68. The molecule has 0 saturated carbocycles. The molecule has 1 heterocycles. The lowest BCUT2D eigenvalue weighted by molar-refractivity contribution is 0.135. The van der Waals surface area contributed by atoms with Crippen LogP contribution in [0.25, 0.3) is 0 Å². The third-order valence-corrected chi connectivity index (χ3v) is 3.68. The van der Waals surface area contributed by atoms with Gasteiger partial charge in [-0.2, -0.15) is 5.26 Å². The van der Waals surface area contributed by atoms with Crippen molar-refractivity contribution in [2.24, 2.45) is 0 Å². The van der Waals surface area contributed by atoms with E-state index in [1.165, 1.54) is 0 Å². The maximum absolute atomic E-state index is 12.2. The van der Waals surface area contributed by atoms with E-state index in [-0.39, 0.29) is 12.1 Å². The summed E-state index contributed by atoms with van der Waals surface area (Å²) < 4.78 is 5.08. The summed E-state index contributed by atoms with van der Waals surface area (Å²) in [6.45, 7) is 4.60. The summed E-state index contributed by atoms with van der Waals surface area (Å²) in [5.74, 6) is 0.757. The Balaban J connectivity index is 1.86. The van der Waals surface area contributed by atoms with Gasteiger partial charge in [0.05, 0.1) is 19.2 Å². The van der Waals surface area contributed by atoms with Crippen LogP contribution in [-0.2, 0) is 0 Å². The monoisotopic (exact) mass is 288 g/mol. The van der Waals surface area contributed by atoms with Gasteiger partial charge < -0.3 is 15.0 Å². The molecule has 0 spiro atoms. The van der Waals surface area contributed by atoms with Gasteiger partial charge in [0, 0.05) is 31.9 Å². The predicted molar refractivity (Wildman–Crippen MR) is 80.2 cm³/mol. The van der Waals surface area contributed by atoms with Crippen LogP contribution in [0.1, 0.15) is 6.92 Å². The van der Waals surface area contributed by atoms with Crippen molar-refractivity contribution in [1.82, 2.24) is 9.80 Å². The van der Waals surface area contributed by atoms with Crippen LogP contribution in [0.3, 0.4) is 0 Å². The molecular weight excluding hydrogens is 268 g/mol. The zero-order chi connectivity index (χ0) is 15.2. The molecule has 2 rings (SSSR count).